The highest BCUT2D eigenvalue weighted by Gasteiger charge is 2.24. The van der Waals surface area contributed by atoms with Crippen LogP contribution in [0, 0.1) is 21.7 Å². The number of nitro groups is 1. The van der Waals surface area contributed by atoms with Crippen LogP contribution >= 0.6 is 0 Å². The molecule has 0 fully saturated rings. The fourth-order valence-corrected chi connectivity index (χ4v) is 1.56. The third-order valence-electron chi connectivity index (χ3n) is 2.47. The van der Waals surface area contributed by atoms with Gasteiger partial charge in [0.05, 0.1) is 23.2 Å². The lowest BCUT2D eigenvalue weighted by molar-refractivity contribution is -0.387. The summed E-state index contributed by atoms with van der Waals surface area (Å²) in [5, 5.41) is 19.3. The molecule has 0 atom stereocenters. The van der Waals surface area contributed by atoms with E-state index in [1.807, 2.05) is 0 Å². The third kappa shape index (κ3) is 3.35. The Morgan fingerprint density at radius 1 is 1.45 bits per heavy atom. The van der Waals surface area contributed by atoms with Crippen molar-refractivity contribution in [3.8, 4) is 0 Å². The van der Waals surface area contributed by atoms with Crippen LogP contribution in [0.3, 0.4) is 0 Å². The van der Waals surface area contributed by atoms with Crippen LogP contribution in [0.1, 0.15) is 10.4 Å². The molecule has 0 spiro atoms. The Kier molecular flexibility index (Phi) is 5.27. The first-order valence-electron chi connectivity index (χ1n) is 5.56. The van der Waals surface area contributed by atoms with Gasteiger partial charge in [-0.05, 0) is 6.07 Å². The van der Waals surface area contributed by atoms with Gasteiger partial charge in [0.2, 0.25) is 5.82 Å². The smallest absolute Gasteiger partial charge is 0.307 e. The van der Waals surface area contributed by atoms with Gasteiger partial charge in [-0.25, -0.2) is 4.39 Å². The summed E-state index contributed by atoms with van der Waals surface area (Å²) in [7, 11) is 0. The Morgan fingerprint density at radius 3 is 2.60 bits per heavy atom. The summed E-state index contributed by atoms with van der Waals surface area (Å²) in [4.78, 5) is 22.4. The van der Waals surface area contributed by atoms with E-state index in [2.05, 4.69) is 6.58 Å². The number of amides is 1. The highest BCUT2D eigenvalue weighted by molar-refractivity contribution is 5.94. The minimum absolute atomic E-state index is 0.0252. The summed E-state index contributed by atoms with van der Waals surface area (Å²) in [6.45, 7) is 2.97. The van der Waals surface area contributed by atoms with Gasteiger partial charge in [0, 0.05) is 13.1 Å². The lowest BCUT2D eigenvalue weighted by atomic mass is 10.1. The van der Waals surface area contributed by atoms with E-state index in [-0.39, 0.29) is 19.7 Å². The molecule has 0 heterocycles. The van der Waals surface area contributed by atoms with Gasteiger partial charge >= 0.3 is 5.69 Å². The number of hydrogen-bond donors (Lipinski definition) is 1. The van der Waals surface area contributed by atoms with E-state index < -0.39 is 33.7 Å². The number of aliphatic hydroxyl groups is 1. The summed E-state index contributed by atoms with van der Waals surface area (Å²) in [5.74, 6) is -3.39. The lowest BCUT2D eigenvalue weighted by Gasteiger charge is -2.20. The second-order valence-electron chi connectivity index (χ2n) is 3.80. The van der Waals surface area contributed by atoms with E-state index in [4.69, 9.17) is 5.11 Å². The molecule has 1 rings (SSSR count). The molecule has 1 amide bonds. The van der Waals surface area contributed by atoms with E-state index in [0.29, 0.717) is 12.1 Å². The van der Waals surface area contributed by atoms with Crippen molar-refractivity contribution in [2.75, 3.05) is 19.7 Å². The van der Waals surface area contributed by atoms with Crippen molar-refractivity contribution in [1.82, 2.24) is 4.90 Å². The van der Waals surface area contributed by atoms with Gasteiger partial charge in [-0.1, -0.05) is 6.08 Å². The molecule has 1 aromatic rings. The molecule has 0 aliphatic carbocycles. The van der Waals surface area contributed by atoms with Crippen LogP contribution in [-0.4, -0.2) is 40.5 Å². The maximum atomic E-state index is 13.7. The first kappa shape index (κ1) is 15.7. The molecule has 6 nitrogen and oxygen atoms in total. The van der Waals surface area contributed by atoms with Crippen molar-refractivity contribution in [2.45, 2.75) is 0 Å². The highest BCUT2D eigenvalue weighted by atomic mass is 19.1. The molecule has 8 heteroatoms. The molecule has 1 aromatic carbocycles. The van der Waals surface area contributed by atoms with E-state index in [9.17, 15) is 23.7 Å². The van der Waals surface area contributed by atoms with Crippen molar-refractivity contribution in [3.63, 3.8) is 0 Å². The van der Waals surface area contributed by atoms with E-state index in [1.165, 1.54) is 6.08 Å². The van der Waals surface area contributed by atoms with Crippen molar-refractivity contribution >= 4 is 11.6 Å². The molecular formula is C12H12F2N2O4. The summed E-state index contributed by atoms with van der Waals surface area (Å²) in [6, 6.07) is 0.830. The molecular weight excluding hydrogens is 274 g/mol. The Labute approximate surface area is 113 Å². The Hall–Kier alpha value is -2.35. The van der Waals surface area contributed by atoms with Crippen molar-refractivity contribution < 1.29 is 23.6 Å². The number of benzene rings is 1. The largest absolute Gasteiger partial charge is 0.395 e. The zero-order valence-corrected chi connectivity index (χ0v) is 10.4. The zero-order chi connectivity index (χ0) is 15.3. The standard InChI is InChI=1S/C12H12F2N2O4/c1-2-3-15(4-5-17)12(18)8-6-10(14)11(16(19)20)7-9(8)13/h2,6-7,17H,1,3-5H2. The van der Waals surface area contributed by atoms with Crippen molar-refractivity contribution in [2.24, 2.45) is 0 Å². The quantitative estimate of drug-likeness (QED) is 0.488. The van der Waals surface area contributed by atoms with Gasteiger partial charge in [0.15, 0.2) is 0 Å². The van der Waals surface area contributed by atoms with E-state index >= 15 is 0 Å². The first-order chi connectivity index (χ1) is 9.42. The summed E-state index contributed by atoms with van der Waals surface area (Å²) in [5.41, 5.74) is -1.68. The van der Waals surface area contributed by atoms with Crippen molar-refractivity contribution in [3.05, 3.63) is 52.1 Å². The van der Waals surface area contributed by atoms with E-state index in [1.54, 1.807) is 0 Å². The minimum atomic E-state index is -1.30. The number of carbonyl (C=O) groups excluding carboxylic acids is 1. The number of nitro benzene ring substituents is 1. The van der Waals surface area contributed by atoms with E-state index in [0.717, 1.165) is 4.90 Å². The maximum absolute atomic E-state index is 13.7. The van der Waals surface area contributed by atoms with Crippen LogP contribution in [0.2, 0.25) is 0 Å². The number of aliphatic hydroxyl groups excluding tert-OH is 1. The molecule has 0 bridgehead atoms. The average molecular weight is 286 g/mol. The number of nitrogens with zero attached hydrogens (tertiary/aromatic N) is 2. The number of hydrogen-bond acceptors (Lipinski definition) is 4. The maximum Gasteiger partial charge on any atom is 0.307 e. The average Bonchev–Trinajstić information content (AvgIpc) is 2.39. The predicted octanol–water partition coefficient (Wildman–Crippen LogP) is 1.49. The molecule has 0 saturated heterocycles. The van der Waals surface area contributed by atoms with Gasteiger partial charge in [-0.15, -0.1) is 6.58 Å². The Morgan fingerprint density at radius 2 is 2.10 bits per heavy atom. The van der Waals surface area contributed by atoms with Gasteiger partial charge in [0.1, 0.15) is 5.82 Å². The fraction of sp³-hybridized carbons (Fsp3) is 0.250. The van der Waals surface area contributed by atoms with Crippen LogP contribution in [0.5, 0.6) is 0 Å². The van der Waals surface area contributed by atoms with Crippen LogP contribution in [0.15, 0.2) is 24.8 Å². The summed E-state index contributed by atoms with van der Waals surface area (Å²) >= 11 is 0. The SMILES string of the molecule is C=CCN(CCO)C(=O)c1cc(F)c([N+](=O)[O-])cc1F. The second kappa shape index (κ2) is 6.71. The van der Waals surface area contributed by atoms with Crippen LogP contribution in [-0.2, 0) is 0 Å². The monoisotopic (exact) mass is 286 g/mol. The number of carbonyl (C=O) groups is 1. The van der Waals surface area contributed by atoms with Gasteiger partial charge in [0.25, 0.3) is 5.91 Å². The van der Waals surface area contributed by atoms with Gasteiger partial charge in [-0.2, -0.15) is 4.39 Å². The topological polar surface area (TPSA) is 83.7 Å². The molecule has 0 radical (unpaired) electrons. The molecule has 0 unspecified atom stereocenters. The molecule has 1 N–H and O–H groups in total. The second-order valence-corrected chi connectivity index (χ2v) is 3.80. The molecule has 0 saturated carbocycles. The molecule has 0 aliphatic rings. The lowest BCUT2D eigenvalue weighted by Crippen LogP contribution is -2.34. The summed E-state index contributed by atoms with van der Waals surface area (Å²) in [6.07, 6.45) is 1.35. The number of halogens is 2. The van der Waals surface area contributed by atoms with Crippen LogP contribution in [0.4, 0.5) is 14.5 Å². The highest BCUT2D eigenvalue weighted by Crippen LogP contribution is 2.22. The number of rotatable bonds is 6. The molecule has 0 aliphatic heterocycles. The fourth-order valence-electron chi connectivity index (χ4n) is 1.56. The summed E-state index contributed by atoms with van der Waals surface area (Å²) < 4.78 is 27.1. The predicted molar refractivity (Wildman–Crippen MR) is 66.2 cm³/mol. The van der Waals surface area contributed by atoms with Crippen LogP contribution in [0.25, 0.3) is 0 Å². The minimum Gasteiger partial charge on any atom is -0.395 e. The molecule has 108 valence electrons. The molecule has 0 aromatic heterocycles. The van der Waals surface area contributed by atoms with Crippen LogP contribution < -0.4 is 0 Å². The zero-order valence-electron chi connectivity index (χ0n) is 10.4. The first-order valence-corrected chi connectivity index (χ1v) is 5.56. The third-order valence-corrected chi connectivity index (χ3v) is 2.47. The van der Waals surface area contributed by atoms with Gasteiger partial charge < -0.3 is 10.0 Å². The van der Waals surface area contributed by atoms with Gasteiger partial charge in [-0.3, -0.25) is 14.9 Å². The normalized spacial score (nSPS) is 10.2. The van der Waals surface area contributed by atoms with Crippen molar-refractivity contribution in [1.29, 1.82) is 0 Å². The Balaban J connectivity index is 3.18. The Bertz CT molecular complexity index is 549. The molecule has 20 heavy (non-hydrogen) atoms.